The minimum absolute atomic E-state index is 0.167. The summed E-state index contributed by atoms with van der Waals surface area (Å²) in [5, 5.41) is 10.1. The summed E-state index contributed by atoms with van der Waals surface area (Å²) in [6, 6.07) is 2.68. The van der Waals surface area contributed by atoms with E-state index in [2.05, 4.69) is 25.5 Å². The number of ether oxygens (including phenoxy) is 1. The van der Waals surface area contributed by atoms with Crippen LogP contribution in [-0.2, 0) is 16.3 Å². The van der Waals surface area contributed by atoms with E-state index in [0.717, 1.165) is 4.68 Å². The summed E-state index contributed by atoms with van der Waals surface area (Å²) in [5.74, 6) is 0.498. The number of sulfone groups is 1. The molecule has 0 spiro atoms. The topological polar surface area (TPSA) is 133 Å². The number of aromatic nitrogens is 6. The lowest BCUT2D eigenvalue weighted by molar-refractivity contribution is 0.239. The molecule has 0 aliphatic carbocycles. The highest BCUT2D eigenvalue weighted by Gasteiger charge is 2.32. The van der Waals surface area contributed by atoms with Crippen LogP contribution in [0.1, 0.15) is 32.3 Å². The zero-order valence-corrected chi connectivity index (χ0v) is 16.8. The average molecular weight is 407 g/mol. The molecule has 28 heavy (non-hydrogen) atoms. The predicted molar refractivity (Wildman–Crippen MR) is 98.2 cm³/mol. The van der Waals surface area contributed by atoms with Gasteiger partial charge in [-0.3, -0.25) is 0 Å². The largest absolute Gasteiger partial charge is 0.477 e. The predicted octanol–water partition coefficient (Wildman–Crippen LogP) is 1.00. The molecular weight excluding hydrogens is 386 g/mol. The first-order valence-electron chi connectivity index (χ1n) is 8.81. The van der Waals surface area contributed by atoms with Crippen LogP contribution < -0.4 is 10.1 Å². The molecule has 11 nitrogen and oxygen atoms in total. The average Bonchev–Trinajstić information content (AvgIpc) is 3.23. The van der Waals surface area contributed by atoms with E-state index >= 15 is 0 Å². The van der Waals surface area contributed by atoms with Crippen molar-refractivity contribution >= 4 is 21.5 Å². The van der Waals surface area contributed by atoms with E-state index in [0.29, 0.717) is 25.2 Å². The molecule has 0 bridgehead atoms. The number of rotatable bonds is 6. The van der Waals surface area contributed by atoms with Crippen LogP contribution in [0.5, 0.6) is 5.88 Å². The van der Waals surface area contributed by atoms with Crippen LogP contribution in [0.2, 0.25) is 0 Å². The van der Waals surface area contributed by atoms with E-state index in [-0.39, 0.29) is 22.4 Å². The molecule has 12 heteroatoms. The van der Waals surface area contributed by atoms with E-state index in [9.17, 15) is 13.2 Å². The number of nitrogens with zero attached hydrogens (tertiary/aromatic N) is 6. The third-order valence-electron chi connectivity index (χ3n) is 3.85. The van der Waals surface area contributed by atoms with Crippen molar-refractivity contribution in [1.29, 1.82) is 0 Å². The molecule has 0 unspecified atom stereocenters. The van der Waals surface area contributed by atoms with Crippen molar-refractivity contribution in [2.45, 2.75) is 44.3 Å². The normalized spacial score (nSPS) is 11.7. The molecule has 3 heterocycles. The number of amides is 1. The third-order valence-corrected chi connectivity index (χ3v) is 5.48. The number of carbonyl (C=O) groups is 1. The van der Waals surface area contributed by atoms with E-state index in [1.54, 1.807) is 39.8 Å². The summed E-state index contributed by atoms with van der Waals surface area (Å²) in [6.07, 6.45) is 0.332. The van der Waals surface area contributed by atoms with E-state index in [4.69, 9.17) is 4.74 Å². The number of hydrogen-bond donors (Lipinski definition) is 1. The number of aryl methyl sites for hydroxylation is 2. The molecule has 0 atom stereocenters. The fourth-order valence-corrected chi connectivity index (χ4v) is 4.07. The molecule has 1 N–H and O–H groups in total. The monoisotopic (exact) mass is 407 g/mol. The molecule has 3 aromatic heterocycles. The van der Waals surface area contributed by atoms with Crippen LogP contribution in [0.25, 0.3) is 5.65 Å². The molecule has 0 saturated carbocycles. The second-order valence-corrected chi connectivity index (χ2v) is 7.55. The van der Waals surface area contributed by atoms with Crippen LogP contribution in [-0.4, -0.2) is 57.0 Å². The molecule has 0 aliphatic heterocycles. The fourth-order valence-electron chi connectivity index (χ4n) is 2.68. The highest BCUT2D eigenvalue weighted by molar-refractivity contribution is 7.91. The highest BCUT2D eigenvalue weighted by Crippen LogP contribution is 2.24. The summed E-state index contributed by atoms with van der Waals surface area (Å²) in [7, 11) is -4.19. The van der Waals surface area contributed by atoms with Crippen LogP contribution in [0.15, 0.2) is 22.3 Å². The first kappa shape index (κ1) is 19.7. The Hall–Kier alpha value is -3.02. The van der Waals surface area contributed by atoms with Gasteiger partial charge in [0, 0.05) is 19.0 Å². The Morgan fingerprint density at radius 1 is 1.18 bits per heavy atom. The summed E-state index contributed by atoms with van der Waals surface area (Å²) in [6.45, 7) is 7.62. The lowest BCUT2D eigenvalue weighted by Gasteiger charge is -2.04. The summed E-state index contributed by atoms with van der Waals surface area (Å²) < 4.78 is 34.0. The second-order valence-electron chi connectivity index (χ2n) is 5.79. The van der Waals surface area contributed by atoms with Crippen LogP contribution in [0.4, 0.5) is 4.79 Å². The van der Waals surface area contributed by atoms with Crippen molar-refractivity contribution in [2.24, 2.45) is 0 Å². The zero-order chi connectivity index (χ0) is 20.5. The lowest BCUT2D eigenvalue weighted by atomic mass is 10.5. The molecule has 0 saturated heterocycles. The minimum atomic E-state index is -4.19. The minimum Gasteiger partial charge on any atom is -0.477 e. The van der Waals surface area contributed by atoms with Gasteiger partial charge in [-0.25, -0.2) is 23.2 Å². The van der Waals surface area contributed by atoms with Gasteiger partial charge in [0.05, 0.1) is 12.3 Å². The molecule has 0 fully saturated rings. The standard InChI is InChI=1S/C16H21N7O4S/c1-5-11-19-15(21-23(11)16(24)17-6-2)28(25,26)14-10(4)18-12-8-9-13(27-7-3)20-22(12)14/h8-9H,5-7H2,1-4H3,(H,17,24). The number of carbonyl (C=O) groups excluding carboxylic acids is 1. The molecule has 150 valence electrons. The van der Waals surface area contributed by atoms with Gasteiger partial charge in [0.2, 0.25) is 5.88 Å². The molecule has 3 aromatic rings. The van der Waals surface area contributed by atoms with Gasteiger partial charge in [-0.2, -0.15) is 9.20 Å². The first-order chi connectivity index (χ1) is 13.3. The summed E-state index contributed by atoms with van der Waals surface area (Å²) in [4.78, 5) is 20.5. The fraction of sp³-hybridized carbons (Fsp3) is 0.438. The van der Waals surface area contributed by atoms with Gasteiger partial charge in [-0.05, 0) is 26.8 Å². The third kappa shape index (κ3) is 3.30. The number of hydrogen-bond acceptors (Lipinski definition) is 8. The number of nitrogens with one attached hydrogen (secondary N) is 1. The van der Waals surface area contributed by atoms with Crippen LogP contribution in [0.3, 0.4) is 0 Å². The Bertz CT molecular complexity index is 1130. The van der Waals surface area contributed by atoms with Crippen molar-refractivity contribution in [3.05, 3.63) is 23.7 Å². The van der Waals surface area contributed by atoms with E-state index in [1.807, 2.05) is 0 Å². The first-order valence-corrected chi connectivity index (χ1v) is 10.3. The smallest absolute Gasteiger partial charge is 0.343 e. The zero-order valence-electron chi connectivity index (χ0n) is 16.0. The van der Waals surface area contributed by atoms with Crippen molar-refractivity contribution in [1.82, 2.24) is 34.7 Å². The molecule has 0 aromatic carbocycles. The highest BCUT2D eigenvalue weighted by atomic mass is 32.2. The van der Waals surface area contributed by atoms with Gasteiger partial charge in [0.25, 0.3) is 15.0 Å². The lowest BCUT2D eigenvalue weighted by Crippen LogP contribution is -2.30. The Labute approximate surface area is 161 Å². The Kier molecular flexibility index (Phi) is 5.31. The number of fused-ring (bicyclic) bond motifs is 1. The number of imidazole rings is 1. The van der Waals surface area contributed by atoms with Crippen LogP contribution >= 0.6 is 0 Å². The van der Waals surface area contributed by atoms with Gasteiger partial charge >= 0.3 is 6.03 Å². The quantitative estimate of drug-likeness (QED) is 0.640. The molecule has 3 rings (SSSR count). The van der Waals surface area contributed by atoms with Gasteiger partial charge in [0.15, 0.2) is 10.7 Å². The van der Waals surface area contributed by atoms with Gasteiger partial charge < -0.3 is 10.1 Å². The van der Waals surface area contributed by atoms with Crippen LogP contribution in [0, 0.1) is 6.92 Å². The SMILES string of the molecule is CCNC(=O)n1nc(S(=O)(=O)c2c(C)nc3ccc(OCC)nn23)nc1CC. The molecule has 0 aliphatic rings. The van der Waals surface area contributed by atoms with Gasteiger partial charge in [-0.15, -0.1) is 10.2 Å². The van der Waals surface area contributed by atoms with Gasteiger partial charge in [-0.1, -0.05) is 6.92 Å². The van der Waals surface area contributed by atoms with Crippen molar-refractivity contribution in [3.63, 3.8) is 0 Å². The maximum Gasteiger partial charge on any atom is 0.343 e. The van der Waals surface area contributed by atoms with Crippen molar-refractivity contribution in [2.75, 3.05) is 13.2 Å². The second kappa shape index (κ2) is 7.54. The summed E-state index contributed by atoms with van der Waals surface area (Å²) >= 11 is 0. The molecule has 0 radical (unpaired) electrons. The molecular formula is C16H21N7O4S. The summed E-state index contributed by atoms with van der Waals surface area (Å²) in [5.41, 5.74) is 0.590. The van der Waals surface area contributed by atoms with Crippen molar-refractivity contribution in [3.8, 4) is 5.88 Å². The Balaban J connectivity index is 2.17. The maximum absolute atomic E-state index is 13.2. The Morgan fingerprint density at radius 2 is 1.93 bits per heavy atom. The maximum atomic E-state index is 13.2. The van der Waals surface area contributed by atoms with E-state index in [1.165, 1.54) is 4.52 Å². The Morgan fingerprint density at radius 3 is 2.57 bits per heavy atom. The molecule has 1 amide bonds. The van der Waals surface area contributed by atoms with E-state index < -0.39 is 21.0 Å². The van der Waals surface area contributed by atoms with Gasteiger partial charge in [0.1, 0.15) is 5.82 Å². The van der Waals surface area contributed by atoms with Crippen molar-refractivity contribution < 1.29 is 17.9 Å².